The Hall–Kier alpha value is -1.10. The number of carboxylic acid groups (broad SMARTS) is 1. The van der Waals surface area contributed by atoms with E-state index in [-0.39, 0.29) is 30.3 Å². The topological polar surface area (TPSA) is 92.4 Å². The summed E-state index contributed by atoms with van der Waals surface area (Å²) >= 11 is 0. The Kier molecular flexibility index (Phi) is 4.08. The van der Waals surface area contributed by atoms with Gasteiger partial charge in [0.2, 0.25) is 5.91 Å². The maximum absolute atomic E-state index is 11.7. The number of hydrogen-bond donors (Lipinski definition) is 3. The third-order valence-electron chi connectivity index (χ3n) is 2.78. The summed E-state index contributed by atoms with van der Waals surface area (Å²) in [6.07, 6.45) is 2.62. The number of aliphatic carboxylic acids is 1. The van der Waals surface area contributed by atoms with Crippen LogP contribution >= 0.6 is 0 Å². The molecule has 0 heterocycles. The van der Waals surface area contributed by atoms with Crippen molar-refractivity contribution >= 4 is 11.9 Å². The highest BCUT2D eigenvalue weighted by atomic mass is 16.4. The van der Waals surface area contributed by atoms with E-state index in [4.69, 9.17) is 10.8 Å². The summed E-state index contributed by atoms with van der Waals surface area (Å²) in [4.78, 5) is 22.1. The molecular formula is C10H18N2O3. The summed E-state index contributed by atoms with van der Waals surface area (Å²) in [7, 11) is 0. The first-order valence-electron chi connectivity index (χ1n) is 5.28. The normalized spacial score (nSPS) is 27.3. The second-order valence-electron chi connectivity index (χ2n) is 4.21. The van der Waals surface area contributed by atoms with Gasteiger partial charge in [-0.05, 0) is 19.8 Å². The quantitative estimate of drug-likeness (QED) is 0.618. The molecule has 0 aliphatic heterocycles. The van der Waals surface area contributed by atoms with Crippen LogP contribution in [0.2, 0.25) is 0 Å². The molecule has 5 heteroatoms. The summed E-state index contributed by atoms with van der Waals surface area (Å²) in [5, 5.41) is 11.2. The highest BCUT2D eigenvalue weighted by Crippen LogP contribution is 2.24. The summed E-state index contributed by atoms with van der Waals surface area (Å²) in [5.41, 5.74) is 5.78. The zero-order valence-electron chi connectivity index (χ0n) is 8.90. The first-order chi connectivity index (χ1) is 7.00. The summed E-state index contributed by atoms with van der Waals surface area (Å²) in [6, 6.07) is -0.398. The molecule has 1 fully saturated rings. The van der Waals surface area contributed by atoms with E-state index >= 15 is 0 Å². The van der Waals surface area contributed by atoms with E-state index in [0.717, 1.165) is 19.3 Å². The Balaban J connectivity index is 2.37. The molecule has 0 spiro atoms. The van der Waals surface area contributed by atoms with Gasteiger partial charge in [0.25, 0.3) is 0 Å². The molecule has 1 rings (SSSR count). The lowest BCUT2D eigenvalue weighted by molar-refractivity contribution is -0.137. The molecule has 3 atom stereocenters. The number of carboxylic acids is 1. The average Bonchev–Trinajstić information content (AvgIpc) is 2.49. The summed E-state index contributed by atoms with van der Waals surface area (Å²) in [6.45, 7) is 1.69. The minimum Gasteiger partial charge on any atom is -0.481 e. The van der Waals surface area contributed by atoms with Crippen LogP contribution in [0, 0.1) is 5.92 Å². The minimum absolute atomic E-state index is 0.0479. The van der Waals surface area contributed by atoms with Gasteiger partial charge >= 0.3 is 5.97 Å². The lowest BCUT2D eigenvalue weighted by atomic mass is 10.0. The van der Waals surface area contributed by atoms with Crippen molar-refractivity contribution in [3.8, 4) is 0 Å². The molecule has 5 nitrogen and oxygen atoms in total. The molecule has 86 valence electrons. The maximum atomic E-state index is 11.7. The molecule has 1 saturated carbocycles. The van der Waals surface area contributed by atoms with Crippen LogP contribution in [0.25, 0.3) is 0 Å². The molecule has 0 bridgehead atoms. The molecule has 0 saturated heterocycles. The smallest absolute Gasteiger partial charge is 0.305 e. The molecule has 0 aromatic rings. The van der Waals surface area contributed by atoms with Crippen molar-refractivity contribution in [2.45, 2.75) is 44.7 Å². The van der Waals surface area contributed by atoms with E-state index in [1.54, 1.807) is 6.92 Å². The van der Waals surface area contributed by atoms with Crippen molar-refractivity contribution in [2.24, 2.45) is 11.7 Å². The van der Waals surface area contributed by atoms with Crippen molar-refractivity contribution < 1.29 is 14.7 Å². The largest absolute Gasteiger partial charge is 0.481 e. The number of carbonyl (C=O) groups excluding carboxylic acids is 1. The van der Waals surface area contributed by atoms with Gasteiger partial charge in [-0.3, -0.25) is 9.59 Å². The SMILES string of the molecule is CC(CC(=O)O)NC(=O)C1CCCC1N. The van der Waals surface area contributed by atoms with Crippen molar-refractivity contribution in [3.05, 3.63) is 0 Å². The van der Waals surface area contributed by atoms with Crippen molar-refractivity contribution in [1.82, 2.24) is 5.32 Å². The first kappa shape index (κ1) is 12.0. The Bertz CT molecular complexity index is 255. The predicted molar refractivity (Wildman–Crippen MR) is 55.2 cm³/mol. The maximum Gasteiger partial charge on any atom is 0.305 e. The van der Waals surface area contributed by atoms with E-state index in [0.29, 0.717) is 0 Å². The van der Waals surface area contributed by atoms with Crippen molar-refractivity contribution in [3.63, 3.8) is 0 Å². The lowest BCUT2D eigenvalue weighted by Crippen LogP contribution is -2.42. The van der Waals surface area contributed by atoms with Crippen LogP contribution in [-0.4, -0.2) is 29.1 Å². The van der Waals surface area contributed by atoms with E-state index in [9.17, 15) is 9.59 Å². The van der Waals surface area contributed by atoms with Crippen LogP contribution in [0.1, 0.15) is 32.6 Å². The second-order valence-corrected chi connectivity index (χ2v) is 4.21. The van der Waals surface area contributed by atoms with Gasteiger partial charge in [0.1, 0.15) is 0 Å². The molecular weight excluding hydrogens is 196 g/mol. The number of carbonyl (C=O) groups is 2. The average molecular weight is 214 g/mol. The van der Waals surface area contributed by atoms with Crippen molar-refractivity contribution in [2.75, 3.05) is 0 Å². The fourth-order valence-electron chi connectivity index (χ4n) is 1.98. The highest BCUT2D eigenvalue weighted by Gasteiger charge is 2.30. The molecule has 0 aromatic heterocycles. The van der Waals surface area contributed by atoms with Gasteiger partial charge in [-0.1, -0.05) is 6.42 Å². The van der Waals surface area contributed by atoms with Gasteiger partial charge in [0.05, 0.1) is 12.3 Å². The molecule has 4 N–H and O–H groups in total. The number of nitrogens with one attached hydrogen (secondary N) is 1. The molecule has 0 radical (unpaired) electrons. The van der Waals surface area contributed by atoms with Crippen LogP contribution in [0.5, 0.6) is 0 Å². The number of hydrogen-bond acceptors (Lipinski definition) is 3. The Labute approximate surface area is 89.0 Å². The van der Waals surface area contributed by atoms with E-state index in [1.807, 2.05) is 0 Å². The Morgan fingerprint density at radius 1 is 1.53 bits per heavy atom. The zero-order valence-corrected chi connectivity index (χ0v) is 8.90. The third-order valence-corrected chi connectivity index (χ3v) is 2.78. The number of amides is 1. The van der Waals surface area contributed by atoms with Crippen LogP contribution in [0.15, 0.2) is 0 Å². The number of rotatable bonds is 4. The molecule has 1 amide bonds. The van der Waals surface area contributed by atoms with Gasteiger partial charge in [0.15, 0.2) is 0 Å². The molecule has 3 unspecified atom stereocenters. The van der Waals surface area contributed by atoms with Crippen molar-refractivity contribution in [1.29, 1.82) is 0 Å². The van der Waals surface area contributed by atoms with Gasteiger partial charge in [-0.25, -0.2) is 0 Å². The zero-order chi connectivity index (χ0) is 11.4. The van der Waals surface area contributed by atoms with Crippen LogP contribution in [0.4, 0.5) is 0 Å². The summed E-state index contributed by atoms with van der Waals surface area (Å²) < 4.78 is 0. The Morgan fingerprint density at radius 3 is 2.67 bits per heavy atom. The van der Waals surface area contributed by atoms with Crippen LogP contribution in [-0.2, 0) is 9.59 Å². The van der Waals surface area contributed by atoms with Gasteiger partial charge < -0.3 is 16.2 Å². The lowest BCUT2D eigenvalue weighted by Gasteiger charge is -2.18. The molecule has 1 aliphatic rings. The van der Waals surface area contributed by atoms with Gasteiger partial charge in [-0.2, -0.15) is 0 Å². The molecule has 15 heavy (non-hydrogen) atoms. The van der Waals surface area contributed by atoms with E-state index < -0.39 is 5.97 Å². The fraction of sp³-hybridized carbons (Fsp3) is 0.800. The van der Waals surface area contributed by atoms with Gasteiger partial charge in [0, 0.05) is 12.1 Å². The van der Waals surface area contributed by atoms with E-state index in [1.165, 1.54) is 0 Å². The summed E-state index contributed by atoms with van der Waals surface area (Å²) in [5.74, 6) is -1.14. The number of nitrogens with two attached hydrogens (primary N) is 1. The first-order valence-corrected chi connectivity index (χ1v) is 5.28. The van der Waals surface area contributed by atoms with E-state index in [2.05, 4.69) is 5.32 Å². The standard InChI is InChI=1S/C10H18N2O3/c1-6(5-9(13)14)12-10(15)7-3-2-4-8(7)11/h6-8H,2-5,11H2,1H3,(H,12,15)(H,13,14). The minimum atomic E-state index is -0.904. The highest BCUT2D eigenvalue weighted by molar-refractivity contribution is 5.80. The molecule has 1 aliphatic carbocycles. The monoisotopic (exact) mass is 214 g/mol. The molecule has 0 aromatic carbocycles. The van der Waals surface area contributed by atoms with Crippen LogP contribution in [0.3, 0.4) is 0 Å². The third kappa shape index (κ3) is 3.51. The van der Waals surface area contributed by atoms with Gasteiger partial charge in [-0.15, -0.1) is 0 Å². The van der Waals surface area contributed by atoms with Crippen LogP contribution < -0.4 is 11.1 Å². The fourth-order valence-corrected chi connectivity index (χ4v) is 1.98. The Morgan fingerprint density at radius 2 is 2.20 bits per heavy atom. The second kappa shape index (κ2) is 5.11. The predicted octanol–water partition coefficient (Wildman–Crippen LogP) is 0.0932.